The van der Waals surface area contributed by atoms with Crippen molar-refractivity contribution in [2.24, 2.45) is 11.7 Å². The second-order valence-electron chi connectivity index (χ2n) is 5.66. The molecule has 0 radical (unpaired) electrons. The van der Waals surface area contributed by atoms with E-state index in [0.717, 1.165) is 25.9 Å². The van der Waals surface area contributed by atoms with Gasteiger partial charge in [0.25, 0.3) is 0 Å². The summed E-state index contributed by atoms with van der Waals surface area (Å²) in [6.45, 7) is 6.56. The summed E-state index contributed by atoms with van der Waals surface area (Å²) >= 11 is 1.68. The number of thiophene rings is 1. The molecule has 2 rings (SSSR count). The van der Waals surface area contributed by atoms with Gasteiger partial charge in [0, 0.05) is 24.0 Å². The van der Waals surface area contributed by atoms with Crippen LogP contribution in [0.3, 0.4) is 0 Å². The highest BCUT2D eigenvalue weighted by Crippen LogP contribution is 2.19. The highest BCUT2D eigenvalue weighted by Gasteiger charge is 2.26. The number of likely N-dealkylation sites (tertiary alicyclic amines) is 1. The fourth-order valence-corrected chi connectivity index (χ4v) is 3.53. The number of nitrogens with zero attached hydrogens (tertiary/aromatic N) is 1. The second kappa shape index (κ2) is 7.20. The van der Waals surface area contributed by atoms with Gasteiger partial charge in [-0.15, -0.1) is 11.3 Å². The summed E-state index contributed by atoms with van der Waals surface area (Å²) in [6, 6.07) is 4.46. The van der Waals surface area contributed by atoms with E-state index in [1.165, 1.54) is 4.88 Å². The van der Waals surface area contributed by atoms with Crippen LogP contribution in [0, 0.1) is 5.92 Å². The number of hydrogen-bond acceptors (Lipinski definition) is 4. The lowest BCUT2D eigenvalue weighted by molar-refractivity contribution is -0.123. The van der Waals surface area contributed by atoms with Gasteiger partial charge in [-0.1, -0.05) is 19.4 Å². The molecule has 0 aromatic carbocycles. The molecule has 4 nitrogen and oxygen atoms in total. The zero-order valence-electron chi connectivity index (χ0n) is 12.3. The van der Waals surface area contributed by atoms with E-state index >= 15 is 0 Å². The molecule has 0 spiro atoms. The normalized spacial score (nSPS) is 25.4. The van der Waals surface area contributed by atoms with Crippen molar-refractivity contribution in [1.82, 2.24) is 10.2 Å². The van der Waals surface area contributed by atoms with Crippen LogP contribution < -0.4 is 11.1 Å². The van der Waals surface area contributed by atoms with Crippen molar-refractivity contribution in [2.45, 2.75) is 38.8 Å². The number of piperidine rings is 1. The van der Waals surface area contributed by atoms with Crippen LogP contribution in [0.25, 0.3) is 0 Å². The third-order valence-electron chi connectivity index (χ3n) is 4.12. The monoisotopic (exact) mass is 295 g/mol. The molecule has 1 aliphatic rings. The van der Waals surface area contributed by atoms with Crippen LogP contribution in [-0.4, -0.2) is 36.5 Å². The topological polar surface area (TPSA) is 58.4 Å². The van der Waals surface area contributed by atoms with E-state index in [0.29, 0.717) is 18.5 Å². The van der Waals surface area contributed by atoms with Crippen LogP contribution in [-0.2, 0) is 4.79 Å². The predicted octanol–water partition coefficient (Wildman–Crippen LogP) is 1.98. The number of nitrogens with one attached hydrogen (secondary N) is 1. The fraction of sp³-hybridized carbons (Fsp3) is 0.667. The minimum Gasteiger partial charge on any atom is -0.348 e. The van der Waals surface area contributed by atoms with Crippen LogP contribution in [0.15, 0.2) is 17.5 Å². The summed E-state index contributed by atoms with van der Waals surface area (Å²) in [4.78, 5) is 15.5. The van der Waals surface area contributed by atoms with E-state index in [2.05, 4.69) is 23.2 Å². The van der Waals surface area contributed by atoms with Crippen molar-refractivity contribution >= 4 is 17.2 Å². The Kier molecular flexibility index (Phi) is 5.57. The first-order chi connectivity index (χ1) is 9.60. The maximum Gasteiger partial charge on any atom is 0.234 e. The Morgan fingerprint density at radius 1 is 1.65 bits per heavy atom. The molecule has 1 saturated heterocycles. The third kappa shape index (κ3) is 4.04. The molecule has 1 aromatic heterocycles. The Morgan fingerprint density at radius 2 is 2.45 bits per heavy atom. The van der Waals surface area contributed by atoms with Gasteiger partial charge in [-0.25, -0.2) is 0 Å². The number of amides is 1. The number of nitrogens with two attached hydrogens (primary N) is 1. The number of hydrogen-bond donors (Lipinski definition) is 2. The minimum absolute atomic E-state index is 0.0940. The highest BCUT2D eigenvalue weighted by molar-refractivity contribution is 7.10. The molecule has 1 aliphatic heterocycles. The van der Waals surface area contributed by atoms with Crippen molar-refractivity contribution in [3.8, 4) is 0 Å². The largest absolute Gasteiger partial charge is 0.348 e. The van der Waals surface area contributed by atoms with Crippen molar-refractivity contribution in [2.75, 3.05) is 19.6 Å². The first-order valence-corrected chi connectivity index (χ1v) is 8.28. The smallest absolute Gasteiger partial charge is 0.234 e. The van der Waals surface area contributed by atoms with E-state index in [1.54, 1.807) is 11.3 Å². The molecule has 1 amide bonds. The summed E-state index contributed by atoms with van der Waals surface area (Å²) in [5.41, 5.74) is 6.10. The highest BCUT2D eigenvalue weighted by atomic mass is 32.1. The van der Waals surface area contributed by atoms with Crippen molar-refractivity contribution in [3.63, 3.8) is 0 Å². The molecule has 3 atom stereocenters. The van der Waals surface area contributed by atoms with E-state index in [1.807, 2.05) is 18.4 Å². The van der Waals surface area contributed by atoms with Gasteiger partial charge in [-0.2, -0.15) is 0 Å². The van der Waals surface area contributed by atoms with Gasteiger partial charge >= 0.3 is 0 Å². The van der Waals surface area contributed by atoms with Crippen LogP contribution >= 0.6 is 11.3 Å². The van der Waals surface area contributed by atoms with Crippen molar-refractivity contribution < 1.29 is 4.79 Å². The standard InChI is InChI=1S/C15H25N3OS/c1-3-12-9-18(7-6-13(12)16)10-15(19)17-11(2)14-5-4-8-20-14/h4-5,8,11-13H,3,6-7,9-10,16H2,1-2H3,(H,17,19). The Balaban J connectivity index is 1.80. The number of carbonyl (C=O) groups is 1. The molecule has 2 heterocycles. The van der Waals surface area contributed by atoms with Crippen LogP contribution in [0.5, 0.6) is 0 Å². The maximum atomic E-state index is 12.1. The van der Waals surface area contributed by atoms with Crippen LogP contribution in [0.1, 0.15) is 37.6 Å². The summed E-state index contributed by atoms with van der Waals surface area (Å²) in [5.74, 6) is 0.627. The van der Waals surface area contributed by atoms with E-state index in [4.69, 9.17) is 5.73 Å². The van der Waals surface area contributed by atoms with Gasteiger partial charge in [-0.3, -0.25) is 9.69 Å². The Hall–Kier alpha value is -0.910. The Morgan fingerprint density at radius 3 is 3.10 bits per heavy atom. The summed E-state index contributed by atoms with van der Waals surface area (Å²) in [6.07, 6.45) is 2.08. The average Bonchev–Trinajstić information content (AvgIpc) is 2.95. The second-order valence-corrected chi connectivity index (χ2v) is 6.64. The van der Waals surface area contributed by atoms with E-state index in [9.17, 15) is 4.79 Å². The maximum absolute atomic E-state index is 12.1. The molecular weight excluding hydrogens is 270 g/mol. The Bertz CT molecular complexity index is 421. The van der Waals surface area contributed by atoms with Gasteiger partial charge in [-0.05, 0) is 30.7 Å². The number of rotatable bonds is 5. The predicted molar refractivity (Wildman–Crippen MR) is 83.7 cm³/mol. The molecule has 1 aromatic rings. The molecule has 20 heavy (non-hydrogen) atoms. The lowest BCUT2D eigenvalue weighted by Gasteiger charge is -2.36. The van der Waals surface area contributed by atoms with Gasteiger partial charge < -0.3 is 11.1 Å². The van der Waals surface area contributed by atoms with Gasteiger partial charge in [0.2, 0.25) is 5.91 Å². The van der Waals surface area contributed by atoms with Gasteiger partial charge in [0.05, 0.1) is 12.6 Å². The fourth-order valence-electron chi connectivity index (χ4n) is 2.80. The molecule has 0 saturated carbocycles. The third-order valence-corrected chi connectivity index (χ3v) is 5.17. The lowest BCUT2D eigenvalue weighted by Crippen LogP contribution is -2.49. The minimum atomic E-state index is 0.0940. The summed E-state index contributed by atoms with van der Waals surface area (Å²) in [5, 5.41) is 5.11. The molecule has 112 valence electrons. The molecule has 1 fully saturated rings. The molecule has 3 unspecified atom stereocenters. The summed E-state index contributed by atoms with van der Waals surface area (Å²) < 4.78 is 0. The van der Waals surface area contributed by atoms with Gasteiger partial charge in [0.1, 0.15) is 0 Å². The zero-order valence-corrected chi connectivity index (χ0v) is 13.2. The average molecular weight is 295 g/mol. The zero-order chi connectivity index (χ0) is 14.5. The molecule has 0 bridgehead atoms. The van der Waals surface area contributed by atoms with Crippen molar-refractivity contribution in [3.05, 3.63) is 22.4 Å². The molecule has 5 heteroatoms. The van der Waals surface area contributed by atoms with E-state index < -0.39 is 0 Å². The SMILES string of the molecule is CCC1CN(CC(=O)NC(C)c2cccs2)CCC1N. The quantitative estimate of drug-likeness (QED) is 0.873. The van der Waals surface area contributed by atoms with Crippen LogP contribution in [0.4, 0.5) is 0 Å². The summed E-state index contributed by atoms with van der Waals surface area (Å²) in [7, 11) is 0. The molecular formula is C15H25N3OS. The lowest BCUT2D eigenvalue weighted by atomic mass is 9.91. The van der Waals surface area contributed by atoms with Crippen molar-refractivity contribution in [1.29, 1.82) is 0 Å². The molecule has 0 aliphatic carbocycles. The van der Waals surface area contributed by atoms with Gasteiger partial charge in [0.15, 0.2) is 0 Å². The first-order valence-electron chi connectivity index (χ1n) is 7.40. The Labute approximate surface area is 125 Å². The van der Waals surface area contributed by atoms with Crippen LogP contribution in [0.2, 0.25) is 0 Å². The van der Waals surface area contributed by atoms with E-state index in [-0.39, 0.29) is 11.9 Å². The number of carbonyl (C=O) groups excluding carboxylic acids is 1. The molecule has 3 N–H and O–H groups in total. The first kappa shape index (κ1) is 15.5.